The van der Waals surface area contributed by atoms with E-state index in [1.54, 1.807) is 19.1 Å². The first-order valence-corrected chi connectivity index (χ1v) is 5.64. The molecule has 0 heterocycles. The first-order chi connectivity index (χ1) is 7.77. The van der Waals surface area contributed by atoms with E-state index in [9.17, 15) is 4.79 Å². The molecule has 0 unspecified atom stereocenters. The topological polar surface area (TPSA) is 29.1 Å². The molecular formula is C13H14ClNO. The number of benzene rings is 1. The molecule has 0 fully saturated rings. The number of amides is 1. The normalized spacial score (nSPS) is 9.12. The average Bonchev–Trinajstić information content (AvgIpc) is 2.34. The molecule has 16 heavy (non-hydrogen) atoms. The molecule has 1 aromatic carbocycles. The monoisotopic (exact) mass is 235 g/mol. The molecule has 0 aliphatic rings. The van der Waals surface area contributed by atoms with Gasteiger partial charge in [0.25, 0.3) is 5.91 Å². The molecule has 0 atom stereocenters. The van der Waals surface area contributed by atoms with Gasteiger partial charge in [-0.1, -0.05) is 12.1 Å². The van der Waals surface area contributed by atoms with E-state index >= 15 is 0 Å². The van der Waals surface area contributed by atoms with E-state index in [4.69, 9.17) is 11.6 Å². The zero-order valence-electron chi connectivity index (χ0n) is 9.22. The van der Waals surface area contributed by atoms with Crippen LogP contribution in [0.1, 0.15) is 29.3 Å². The quantitative estimate of drug-likeness (QED) is 0.485. The van der Waals surface area contributed by atoms with Crippen LogP contribution in [0.2, 0.25) is 0 Å². The predicted molar refractivity (Wildman–Crippen MR) is 66.4 cm³/mol. The van der Waals surface area contributed by atoms with Crippen molar-refractivity contribution in [3.8, 4) is 11.8 Å². The number of nitrogens with one attached hydrogen (secondary N) is 1. The molecule has 1 rings (SSSR count). The molecule has 0 aliphatic carbocycles. The Morgan fingerprint density at radius 1 is 1.50 bits per heavy atom. The summed E-state index contributed by atoms with van der Waals surface area (Å²) in [6.45, 7) is 2.36. The van der Waals surface area contributed by atoms with Crippen LogP contribution in [0.5, 0.6) is 0 Å². The standard InChI is InChI=1S/C13H14ClNO/c1-2-3-4-8-15-13(16)12-7-5-6-11(9-12)10-14/h5-7,9H,4,8,10H2,1H3,(H,15,16). The highest BCUT2D eigenvalue weighted by atomic mass is 35.5. The maximum atomic E-state index is 11.7. The molecule has 3 heteroatoms. The number of hydrogen-bond donors (Lipinski definition) is 1. The average molecular weight is 236 g/mol. The molecule has 0 bridgehead atoms. The number of halogens is 1. The fourth-order valence-electron chi connectivity index (χ4n) is 1.26. The maximum absolute atomic E-state index is 11.7. The molecule has 2 nitrogen and oxygen atoms in total. The van der Waals surface area contributed by atoms with Gasteiger partial charge in [-0.05, 0) is 24.6 Å². The van der Waals surface area contributed by atoms with E-state index in [1.807, 2.05) is 12.1 Å². The summed E-state index contributed by atoms with van der Waals surface area (Å²) in [5, 5.41) is 2.80. The van der Waals surface area contributed by atoms with E-state index in [0.29, 0.717) is 24.4 Å². The summed E-state index contributed by atoms with van der Waals surface area (Å²) in [4.78, 5) is 11.7. The van der Waals surface area contributed by atoms with Crippen LogP contribution in [0.3, 0.4) is 0 Å². The van der Waals surface area contributed by atoms with Crippen LogP contribution in [0.25, 0.3) is 0 Å². The first-order valence-electron chi connectivity index (χ1n) is 5.10. The van der Waals surface area contributed by atoms with Crippen LogP contribution in [-0.2, 0) is 5.88 Å². The minimum Gasteiger partial charge on any atom is -0.351 e. The zero-order valence-corrected chi connectivity index (χ0v) is 9.97. The van der Waals surface area contributed by atoms with Crippen LogP contribution in [0.4, 0.5) is 0 Å². The second-order valence-electron chi connectivity index (χ2n) is 3.27. The third kappa shape index (κ3) is 3.96. The second kappa shape index (κ2) is 6.92. The molecule has 0 aromatic heterocycles. The largest absolute Gasteiger partial charge is 0.351 e. The van der Waals surface area contributed by atoms with Gasteiger partial charge in [0, 0.05) is 24.4 Å². The highest BCUT2D eigenvalue weighted by molar-refractivity contribution is 6.17. The van der Waals surface area contributed by atoms with Crippen molar-refractivity contribution in [3.63, 3.8) is 0 Å². The fourth-order valence-corrected chi connectivity index (χ4v) is 1.43. The second-order valence-corrected chi connectivity index (χ2v) is 3.53. The van der Waals surface area contributed by atoms with Gasteiger partial charge in [0.1, 0.15) is 0 Å². The summed E-state index contributed by atoms with van der Waals surface area (Å²) in [7, 11) is 0. The van der Waals surface area contributed by atoms with E-state index in [1.165, 1.54) is 0 Å². The van der Waals surface area contributed by atoms with E-state index in [2.05, 4.69) is 17.2 Å². The van der Waals surface area contributed by atoms with Crippen LogP contribution >= 0.6 is 11.6 Å². The summed E-state index contributed by atoms with van der Waals surface area (Å²) in [6, 6.07) is 7.30. The van der Waals surface area contributed by atoms with Crippen molar-refractivity contribution >= 4 is 17.5 Å². The number of rotatable bonds is 4. The lowest BCUT2D eigenvalue weighted by atomic mass is 10.1. The van der Waals surface area contributed by atoms with Gasteiger partial charge in [0.05, 0.1) is 0 Å². The molecule has 0 saturated carbocycles. The van der Waals surface area contributed by atoms with Crippen molar-refractivity contribution in [2.75, 3.05) is 6.54 Å². The Kier molecular flexibility index (Phi) is 5.45. The summed E-state index contributed by atoms with van der Waals surface area (Å²) < 4.78 is 0. The SMILES string of the molecule is CC#CCCNC(=O)c1cccc(CCl)c1. The molecule has 0 aliphatic heterocycles. The Labute approximate surface area is 101 Å². The van der Waals surface area contributed by atoms with Crippen molar-refractivity contribution in [2.24, 2.45) is 0 Å². The van der Waals surface area contributed by atoms with E-state index < -0.39 is 0 Å². The Balaban J connectivity index is 2.54. The summed E-state index contributed by atoms with van der Waals surface area (Å²) in [5.74, 6) is 6.01. The third-order valence-corrected chi connectivity index (χ3v) is 2.36. The van der Waals surface area contributed by atoms with Gasteiger partial charge in [-0.3, -0.25) is 4.79 Å². The van der Waals surface area contributed by atoms with Crippen LogP contribution in [0.15, 0.2) is 24.3 Å². The highest BCUT2D eigenvalue weighted by Crippen LogP contribution is 2.07. The van der Waals surface area contributed by atoms with Gasteiger partial charge in [0.2, 0.25) is 0 Å². The van der Waals surface area contributed by atoms with Crippen LogP contribution in [0, 0.1) is 11.8 Å². The van der Waals surface area contributed by atoms with E-state index in [-0.39, 0.29) is 5.91 Å². The first kappa shape index (κ1) is 12.6. The van der Waals surface area contributed by atoms with Crippen molar-refractivity contribution in [2.45, 2.75) is 19.2 Å². The van der Waals surface area contributed by atoms with Crippen molar-refractivity contribution in [1.29, 1.82) is 0 Å². The molecule has 0 radical (unpaired) electrons. The Morgan fingerprint density at radius 3 is 3.00 bits per heavy atom. The fraction of sp³-hybridized carbons (Fsp3) is 0.308. The summed E-state index contributed by atoms with van der Waals surface area (Å²) >= 11 is 5.70. The number of alkyl halides is 1. The van der Waals surface area contributed by atoms with Crippen molar-refractivity contribution < 1.29 is 4.79 Å². The molecule has 84 valence electrons. The van der Waals surface area contributed by atoms with Crippen LogP contribution < -0.4 is 5.32 Å². The molecule has 0 spiro atoms. The van der Waals surface area contributed by atoms with Gasteiger partial charge in [-0.25, -0.2) is 0 Å². The molecule has 0 saturated heterocycles. The number of carbonyl (C=O) groups excluding carboxylic acids is 1. The summed E-state index contributed by atoms with van der Waals surface area (Å²) in [6.07, 6.45) is 0.678. The minimum absolute atomic E-state index is 0.0788. The van der Waals surface area contributed by atoms with Gasteiger partial charge in [-0.2, -0.15) is 0 Å². The molecule has 1 N–H and O–H groups in total. The van der Waals surface area contributed by atoms with Gasteiger partial charge in [0.15, 0.2) is 0 Å². The predicted octanol–water partition coefficient (Wildman–Crippen LogP) is 2.57. The smallest absolute Gasteiger partial charge is 0.251 e. The highest BCUT2D eigenvalue weighted by Gasteiger charge is 2.04. The van der Waals surface area contributed by atoms with Gasteiger partial charge < -0.3 is 5.32 Å². The molecule has 1 aromatic rings. The zero-order chi connectivity index (χ0) is 11.8. The maximum Gasteiger partial charge on any atom is 0.251 e. The van der Waals surface area contributed by atoms with Crippen LogP contribution in [-0.4, -0.2) is 12.5 Å². The Hall–Kier alpha value is -1.46. The number of hydrogen-bond acceptors (Lipinski definition) is 1. The van der Waals surface area contributed by atoms with Crippen molar-refractivity contribution in [3.05, 3.63) is 35.4 Å². The Bertz CT molecular complexity index is 417. The third-order valence-electron chi connectivity index (χ3n) is 2.06. The molecule has 1 amide bonds. The Morgan fingerprint density at radius 2 is 2.31 bits per heavy atom. The van der Waals surface area contributed by atoms with Gasteiger partial charge >= 0.3 is 0 Å². The lowest BCUT2D eigenvalue weighted by Gasteiger charge is -2.04. The van der Waals surface area contributed by atoms with E-state index in [0.717, 1.165) is 5.56 Å². The lowest BCUT2D eigenvalue weighted by molar-refractivity contribution is 0.0954. The van der Waals surface area contributed by atoms with Gasteiger partial charge in [-0.15, -0.1) is 23.4 Å². The molecular weight excluding hydrogens is 222 g/mol. The number of carbonyl (C=O) groups is 1. The lowest BCUT2D eigenvalue weighted by Crippen LogP contribution is -2.24. The summed E-state index contributed by atoms with van der Waals surface area (Å²) in [5.41, 5.74) is 1.59. The minimum atomic E-state index is -0.0788. The van der Waals surface area contributed by atoms with Crippen molar-refractivity contribution in [1.82, 2.24) is 5.32 Å².